The van der Waals surface area contributed by atoms with Crippen LogP contribution in [0.1, 0.15) is 19.8 Å². The number of carbonyl (C=O) groups is 1. The Bertz CT molecular complexity index is 153. The van der Waals surface area contributed by atoms with Crippen LogP contribution in [0.3, 0.4) is 0 Å². The molecule has 0 heterocycles. The van der Waals surface area contributed by atoms with Crippen molar-refractivity contribution in [3.63, 3.8) is 0 Å². The maximum atomic E-state index is 10.7. The van der Waals surface area contributed by atoms with Gasteiger partial charge in [-0.15, -0.1) is 0 Å². The second-order valence-corrected chi connectivity index (χ2v) is 2.75. The van der Waals surface area contributed by atoms with Gasteiger partial charge in [0.2, 0.25) is 0 Å². The van der Waals surface area contributed by atoms with Crippen molar-refractivity contribution in [2.75, 3.05) is 13.2 Å². The third-order valence-corrected chi connectivity index (χ3v) is 1.37. The number of alkyl carbamates (subject to hydrolysis) is 1. The summed E-state index contributed by atoms with van der Waals surface area (Å²) in [5.41, 5.74) is 0. The van der Waals surface area contributed by atoms with E-state index in [0.717, 1.165) is 12.8 Å². The van der Waals surface area contributed by atoms with Crippen molar-refractivity contribution in [3.05, 3.63) is 0 Å². The molecule has 0 atom stereocenters. The quantitative estimate of drug-likeness (QED) is 0.625. The topological polar surface area (TPSA) is 38.3 Å². The molecular formula is C7H12INO2. The Morgan fingerprint density at radius 3 is 3.00 bits per heavy atom. The average Bonchev–Trinajstić information content (AvgIpc) is 2.01. The first-order chi connectivity index (χ1) is 5.31. The fourth-order valence-corrected chi connectivity index (χ4v) is 0.667. The van der Waals surface area contributed by atoms with Crippen LogP contribution in [0.25, 0.3) is 0 Å². The Kier molecular flexibility index (Phi) is 7.72. The molecule has 0 saturated heterocycles. The van der Waals surface area contributed by atoms with Gasteiger partial charge >= 0.3 is 79.6 Å². The van der Waals surface area contributed by atoms with Crippen LogP contribution >= 0.6 is 21.9 Å². The van der Waals surface area contributed by atoms with Gasteiger partial charge in [0.25, 0.3) is 0 Å². The molecule has 0 radical (unpaired) electrons. The molecule has 0 aliphatic rings. The van der Waals surface area contributed by atoms with Gasteiger partial charge in [-0.1, -0.05) is 0 Å². The molecule has 0 aliphatic heterocycles. The molecule has 0 aromatic carbocycles. The Labute approximate surface area is 79.7 Å². The molecule has 0 bridgehead atoms. The normalized spacial score (nSPS) is 8.45. The third kappa shape index (κ3) is 7.68. The van der Waals surface area contributed by atoms with E-state index in [2.05, 4.69) is 20.8 Å². The molecule has 0 rings (SSSR count). The SMILES string of the molecule is CCCCNC(=O)OCC#I. The number of unbranched alkanes of at least 4 members (excludes halogenated alkanes) is 1. The van der Waals surface area contributed by atoms with Crippen molar-refractivity contribution < 1.29 is 9.53 Å². The molecular weight excluding hydrogens is 257 g/mol. The number of halogens is 1. The number of hydrogen-bond acceptors (Lipinski definition) is 2. The summed E-state index contributed by atoms with van der Waals surface area (Å²) in [6.45, 7) is 3.01. The van der Waals surface area contributed by atoms with Gasteiger partial charge in [-0.05, 0) is 0 Å². The molecule has 0 aromatic heterocycles. The van der Waals surface area contributed by atoms with E-state index in [0.29, 0.717) is 6.54 Å². The van der Waals surface area contributed by atoms with Crippen molar-refractivity contribution in [3.8, 4) is 3.81 Å². The van der Waals surface area contributed by atoms with Crippen molar-refractivity contribution in [2.45, 2.75) is 19.8 Å². The summed E-state index contributed by atoms with van der Waals surface area (Å²) in [5, 5.41) is 2.61. The number of amides is 1. The number of hydrogen-bond donors (Lipinski definition) is 1. The van der Waals surface area contributed by atoms with Crippen LogP contribution in [0.15, 0.2) is 0 Å². The van der Waals surface area contributed by atoms with E-state index in [1.807, 2.05) is 21.9 Å². The van der Waals surface area contributed by atoms with E-state index in [-0.39, 0.29) is 12.7 Å². The van der Waals surface area contributed by atoms with Crippen molar-refractivity contribution in [1.29, 1.82) is 0 Å². The number of rotatable bonds is 4. The minimum atomic E-state index is -0.359. The third-order valence-electron chi connectivity index (χ3n) is 1.06. The number of ether oxygens (including phenoxy) is 1. The van der Waals surface area contributed by atoms with Crippen LogP contribution < -0.4 is 5.32 Å². The summed E-state index contributed by atoms with van der Waals surface area (Å²) < 4.78 is 7.35. The van der Waals surface area contributed by atoms with Crippen molar-refractivity contribution in [1.82, 2.24) is 5.32 Å². The van der Waals surface area contributed by atoms with Crippen LogP contribution in [0.5, 0.6) is 0 Å². The van der Waals surface area contributed by atoms with Gasteiger partial charge in [0.15, 0.2) is 0 Å². The zero-order chi connectivity index (χ0) is 8.53. The number of nitrogens with one attached hydrogen (secondary N) is 1. The standard InChI is InChI=1S/C7H12INO2/c1-2-3-5-9-7(10)11-6-4-8/h2-3,5-6H2,1H3,(H,9,10). The van der Waals surface area contributed by atoms with Crippen LogP contribution in [0.2, 0.25) is 0 Å². The zero-order valence-electron chi connectivity index (χ0n) is 6.52. The molecule has 3 nitrogen and oxygen atoms in total. The van der Waals surface area contributed by atoms with Gasteiger partial charge in [-0.3, -0.25) is 0 Å². The van der Waals surface area contributed by atoms with E-state index in [1.165, 1.54) is 0 Å². The molecule has 1 amide bonds. The molecule has 0 saturated carbocycles. The van der Waals surface area contributed by atoms with Gasteiger partial charge in [0, 0.05) is 0 Å². The average molecular weight is 269 g/mol. The molecule has 4 heteroatoms. The Balaban J connectivity index is 3.17. The fourth-order valence-electron chi connectivity index (χ4n) is 0.511. The summed E-state index contributed by atoms with van der Waals surface area (Å²) in [7, 11) is 0. The summed E-state index contributed by atoms with van der Waals surface area (Å²) >= 11 is 1.91. The van der Waals surface area contributed by atoms with E-state index in [1.54, 1.807) is 0 Å². The molecule has 1 N–H and O–H groups in total. The predicted molar refractivity (Wildman–Crippen MR) is 52.2 cm³/mol. The van der Waals surface area contributed by atoms with E-state index in [4.69, 9.17) is 0 Å². The van der Waals surface area contributed by atoms with Crippen LogP contribution in [-0.4, -0.2) is 19.2 Å². The summed E-state index contributed by atoms with van der Waals surface area (Å²) in [5.74, 6) is 0. The molecule has 0 fully saturated rings. The van der Waals surface area contributed by atoms with Crippen LogP contribution in [0.4, 0.5) is 4.79 Å². The van der Waals surface area contributed by atoms with Crippen LogP contribution in [0, 0.1) is 3.81 Å². The summed E-state index contributed by atoms with van der Waals surface area (Å²) in [6, 6.07) is 0. The first-order valence-electron chi connectivity index (χ1n) is 3.55. The Morgan fingerprint density at radius 1 is 1.73 bits per heavy atom. The first-order valence-corrected chi connectivity index (χ1v) is 4.63. The monoisotopic (exact) mass is 269 g/mol. The summed E-state index contributed by atoms with van der Waals surface area (Å²) in [6.07, 6.45) is 1.71. The van der Waals surface area contributed by atoms with Crippen LogP contribution in [-0.2, 0) is 4.74 Å². The van der Waals surface area contributed by atoms with Gasteiger partial charge in [0.05, 0.1) is 0 Å². The van der Waals surface area contributed by atoms with Crippen molar-refractivity contribution >= 4 is 28.0 Å². The molecule has 0 aromatic rings. The second kappa shape index (κ2) is 7.88. The van der Waals surface area contributed by atoms with Gasteiger partial charge in [-0.2, -0.15) is 0 Å². The van der Waals surface area contributed by atoms with E-state index in [9.17, 15) is 4.79 Å². The maximum absolute atomic E-state index is 10.7. The first kappa shape index (κ1) is 10.8. The molecule has 0 unspecified atom stereocenters. The van der Waals surface area contributed by atoms with Crippen molar-refractivity contribution in [2.24, 2.45) is 0 Å². The van der Waals surface area contributed by atoms with Gasteiger partial charge in [0.1, 0.15) is 0 Å². The second-order valence-electron chi connectivity index (χ2n) is 1.99. The molecule has 64 valence electrons. The fraction of sp³-hybridized carbons (Fsp3) is 0.714. The van der Waals surface area contributed by atoms with Gasteiger partial charge in [-0.25, -0.2) is 0 Å². The zero-order valence-corrected chi connectivity index (χ0v) is 8.68. The van der Waals surface area contributed by atoms with E-state index >= 15 is 0 Å². The minimum absolute atomic E-state index is 0.249. The van der Waals surface area contributed by atoms with Gasteiger partial charge < -0.3 is 0 Å². The summed E-state index contributed by atoms with van der Waals surface area (Å²) in [4.78, 5) is 10.7. The Hall–Kier alpha value is -0.220. The molecule has 0 aliphatic carbocycles. The van der Waals surface area contributed by atoms with E-state index < -0.39 is 0 Å². The predicted octanol–water partition coefficient (Wildman–Crippen LogP) is 1.91. The molecule has 0 spiro atoms. The molecule has 11 heavy (non-hydrogen) atoms. The number of carbonyl (C=O) groups excluding carboxylic acids is 1. The Morgan fingerprint density at radius 2 is 2.45 bits per heavy atom.